The first-order valence-corrected chi connectivity index (χ1v) is 4.74. The summed E-state index contributed by atoms with van der Waals surface area (Å²) < 4.78 is 13.4. The zero-order valence-corrected chi connectivity index (χ0v) is 8.32. The number of hydrogen-bond donors (Lipinski definition) is 1. The largest absolute Gasteiger partial charge is 0.384 e. The van der Waals surface area contributed by atoms with Gasteiger partial charge in [-0.2, -0.15) is 0 Å². The van der Waals surface area contributed by atoms with E-state index < -0.39 is 0 Å². The van der Waals surface area contributed by atoms with Crippen molar-refractivity contribution in [2.45, 2.75) is 6.42 Å². The van der Waals surface area contributed by atoms with Crippen LogP contribution < -0.4 is 5.32 Å². The normalized spacial score (nSPS) is 15.1. The molecule has 1 heterocycles. The van der Waals surface area contributed by atoms with Gasteiger partial charge in [-0.3, -0.25) is 4.79 Å². The van der Waals surface area contributed by atoms with Gasteiger partial charge in [0.05, 0.1) is 4.47 Å². The van der Waals surface area contributed by atoms with Crippen LogP contribution in [0.5, 0.6) is 0 Å². The van der Waals surface area contributed by atoms with E-state index in [1.807, 2.05) is 0 Å². The van der Waals surface area contributed by atoms with Gasteiger partial charge in [0.25, 0.3) is 0 Å². The third-order valence-electron chi connectivity index (χ3n) is 2.03. The molecule has 13 heavy (non-hydrogen) atoms. The van der Waals surface area contributed by atoms with Crippen LogP contribution in [-0.4, -0.2) is 12.3 Å². The minimum absolute atomic E-state index is 0.0643. The van der Waals surface area contributed by atoms with E-state index in [4.69, 9.17) is 0 Å². The van der Waals surface area contributed by atoms with Crippen molar-refractivity contribution in [3.05, 3.63) is 28.0 Å². The summed E-state index contributed by atoms with van der Waals surface area (Å²) in [6.45, 7) is 0.590. The lowest BCUT2D eigenvalue weighted by Gasteiger charge is -2.16. The molecule has 0 fully saturated rings. The molecule has 1 N–H and O–H groups in total. The molecule has 0 saturated carbocycles. The number of rotatable bonds is 0. The molecule has 2 rings (SSSR count). The molecule has 0 aliphatic carbocycles. The van der Waals surface area contributed by atoms with E-state index in [1.54, 1.807) is 0 Å². The van der Waals surface area contributed by atoms with Gasteiger partial charge in [-0.05, 0) is 28.1 Å². The molecule has 0 spiro atoms. The number of halogens is 2. The second-order valence-corrected chi connectivity index (χ2v) is 3.77. The summed E-state index contributed by atoms with van der Waals surface area (Å²) in [7, 11) is 0. The SMILES string of the molecule is O=C1CCNc2cc(F)c(Br)cc21. The maximum Gasteiger partial charge on any atom is 0.166 e. The molecule has 68 valence electrons. The Balaban J connectivity index is 2.58. The van der Waals surface area contributed by atoms with Gasteiger partial charge in [-0.15, -0.1) is 0 Å². The van der Waals surface area contributed by atoms with E-state index in [2.05, 4.69) is 21.2 Å². The number of carbonyl (C=O) groups excluding carboxylic acids is 1. The fourth-order valence-electron chi connectivity index (χ4n) is 1.37. The highest BCUT2D eigenvalue weighted by Crippen LogP contribution is 2.27. The molecule has 1 aliphatic rings. The lowest BCUT2D eigenvalue weighted by atomic mass is 10.0. The molecule has 0 amide bonds. The predicted octanol–water partition coefficient (Wildman–Crippen LogP) is 2.59. The van der Waals surface area contributed by atoms with Gasteiger partial charge in [-0.25, -0.2) is 4.39 Å². The number of Topliss-reactive ketones (excluding diaryl/α,β-unsaturated/α-hetero) is 1. The molecule has 0 aromatic heterocycles. The standard InChI is InChI=1S/C9H7BrFNO/c10-6-3-5-8(4-7(6)11)12-2-1-9(5)13/h3-4,12H,1-2H2. The van der Waals surface area contributed by atoms with Crippen LogP contribution in [-0.2, 0) is 0 Å². The molecule has 1 aromatic carbocycles. The Hall–Kier alpha value is -0.900. The van der Waals surface area contributed by atoms with E-state index >= 15 is 0 Å². The van der Waals surface area contributed by atoms with Crippen LogP contribution in [0.25, 0.3) is 0 Å². The van der Waals surface area contributed by atoms with Crippen molar-refractivity contribution in [1.29, 1.82) is 0 Å². The molecule has 0 saturated heterocycles. The summed E-state index contributed by atoms with van der Waals surface area (Å²) in [6, 6.07) is 2.87. The summed E-state index contributed by atoms with van der Waals surface area (Å²) in [5.74, 6) is -0.282. The van der Waals surface area contributed by atoms with Crippen molar-refractivity contribution < 1.29 is 9.18 Å². The fourth-order valence-corrected chi connectivity index (χ4v) is 1.71. The lowest BCUT2D eigenvalue weighted by molar-refractivity contribution is 0.0983. The Morgan fingerprint density at radius 2 is 2.23 bits per heavy atom. The highest BCUT2D eigenvalue weighted by molar-refractivity contribution is 9.10. The van der Waals surface area contributed by atoms with Gasteiger partial charge in [0.15, 0.2) is 5.78 Å². The van der Waals surface area contributed by atoms with Crippen LogP contribution in [0.2, 0.25) is 0 Å². The summed E-state index contributed by atoms with van der Waals surface area (Å²) >= 11 is 3.05. The van der Waals surface area contributed by atoms with Gasteiger partial charge in [0, 0.05) is 24.2 Å². The summed E-state index contributed by atoms with van der Waals surface area (Å²) in [6.07, 6.45) is 0.477. The number of hydrogen-bond acceptors (Lipinski definition) is 2. The smallest absolute Gasteiger partial charge is 0.166 e. The van der Waals surface area contributed by atoms with Crippen LogP contribution in [0, 0.1) is 5.82 Å². The van der Waals surface area contributed by atoms with Crippen molar-refractivity contribution >= 4 is 27.4 Å². The van der Waals surface area contributed by atoms with Gasteiger partial charge >= 0.3 is 0 Å². The monoisotopic (exact) mass is 243 g/mol. The fraction of sp³-hybridized carbons (Fsp3) is 0.222. The van der Waals surface area contributed by atoms with Crippen LogP contribution in [0.4, 0.5) is 10.1 Å². The molecule has 0 radical (unpaired) electrons. The number of anilines is 1. The highest BCUT2D eigenvalue weighted by atomic mass is 79.9. The third-order valence-corrected chi connectivity index (χ3v) is 2.64. The van der Waals surface area contributed by atoms with Crippen molar-refractivity contribution in [3.8, 4) is 0 Å². The molecule has 0 atom stereocenters. The van der Waals surface area contributed by atoms with Crippen molar-refractivity contribution in [3.63, 3.8) is 0 Å². The topological polar surface area (TPSA) is 29.1 Å². The first kappa shape index (κ1) is 8.69. The molecule has 4 heteroatoms. The lowest BCUT2D eigenvalue weighted by Crippen LogP contribution is -2.18. The molecule has 1 aromatic rings. The first-order chi connectivity index (χ1) is 6.18. The predicted molar refractivity (Wildman–Crippen MR) is 51.5 cm³/mol. The zero-order chi connectivity index (χ0) is 9.42. The van der Waals surface area contributed by atoms with Crippen LogP contribution in [0.3, 0.4) is 0 Å². The summed E-state index contributed by atoms with van der Waals surface area (Å²) in [5.41, 5.74) is 1.16. The second kappa shape index (κ2) is 3.10. The Morgan fingerprint density at radius 3 is 3.00 bits per heavy atom. The first-order valence-electron chi connectivity index (χ1n) is 3.94. The van der Waals surface area contributed by atoms with Gasteiger partial charge in [-0.1, -0.05) is 0 Å². The van der Waals surface area contributed by atoms with E-state index in [1.165, 1.54) is 12.1 Å². The molecule has 2 nitrogen and oxygen atoms in total. The van der Waals surface area contributed by atoms with E-state index in [9.17, 15) is 9.18 Å². The zero-order valence-electron chi connectivity index (χ0n) is 6.73. The minimum atomic E-state index is -0.346. The maximum atomic E-state index is 13.0. The third kappa shape index (κ3) is 1.46. The maximum absolute atomic E-state index is 13.0. The van der Waals surface area contributed by atoms with E-state index in [0.717, 1.165) is 0 Å². The number of benzene rings is 1. The second-order valence-electron chi connectivity index (χ2n) is 2.91. The Bertz CT molecular complexity index is 378. The van der Waals surface area contributed by atoms with Crippen LogP contribution in [0.1, 0.15) is 16.8 Å². The van der Waals surface area contributed by atoms with E-state index in [0.29, 0.717) is 28.7 Å². The van der Waals surface area contributed by atoms with Gasteiger partial charge < -0.3 is 5.32 Å². The van der Waals surface area contributed by atoms with Crippen molar-refractivity contribution in [2.24, 2.45) is 0 Å². The number of fused-ring (bicyclic) bond motifs is 1. The Kier molecular flexibility index (Phi) is 2.07. The Labute approximate surface area is 83.3 Å². The molecule has 0 unspecified atom stereocenters. The molecular weight excluding hydrogens is 237 g/mol. The van der Waals surface area contributed by atoms with Crippen molar-refractivity contribution in [2.75, 3.05) is 11.9 Å². The number of carbonyl (C=O) groups is 1. The van der Waals surface area contributed by atoms with Crippen molar-refractivity contribution in [1.82, 2.24) is 0 Å². The highest BCUT2D eigenvalue weighted by Gasteiger charge is 2.18. The average Bonchev–Trinajstić information content (AvgIpc) is 2.09. The Morgan fingerprint density at radius 1 is 1.46 bits per heavy atom. The molecule has 0 bridgehead atoms. The average molecular weight is 244 g/mol. The van der Waals surface area contributed by atoms with Crippen LogP contribution >= 0.6 is 15.9 Å². The minimum Gasteiger partial charge on any atom is -0.384 e. The van der Waals surface area contributed by atoms with Gasteiger partial charge in [0.1, 0.15) is 5.82 Å². The number of nitrogens with one attached hydrogen (secondary N) is 1. The molecule has 1 aliphatic heterocycles. The number of ketones is 1. The van der Waals surface area contributed by atoms with E-state index in [-0.39, 0.29) is 11.6 Å². The molecular formula is C9H7BrFNO. The summed E-state index contributed by atoms with van der Waals surface area (Å²) in [4.78, 5) is 11.4. The quantitative estimate of drug-likeness (QED) is 0.759. The summed E-state index contributed by atoms with van der Waals surface area (Å²) in [5, 5.41) is 2.98. The van der Waals surface area contributed by atoms with Gasteiger partial charge in [0.2, 0.25) is 0 Å². The van der Waals surface area contributed by atoms with Crippen LogP contribution in [0.15, 0.2) is 16.6 Å².